The van der Waals surface area contributed by atoms with Crippen LogP contribution in [0, 0.1) is 6.92 Å². The van der Waals surface area contributed by atoms with E-state index in [-0.39, 0.29) is 57.5 Å². The average Bonchev–Trinajstić information content (AvgIpc) is 0.832. The molecule has 14 nitrogen and oxygen atoms in total. The lowest BCUT2D eigenvalue weighted by Gasteiger charge is -2.26. The van der Waals surface area contributed by atoms with Gasteiger partial charge in [-0.15, -0.1) is 0 Å². The molecule has 95 heavy (non-hydrogen) atoms. The van der Waals surface area contributed by atoms with Gasteiger partial charge in [0.25, 0.3) is 0 Å². The van der Waals surface area contributed by atoms with E-state index in [1.54, 1.807) is 0 Å². The Kier molecular flexibility index (Phi) is 36.2. The Morgan fingerprint density at radius 1 is 0.368 bits per heavy atom. The number of amides is 1. The van der Waals surface area contributed by atoms with Crippen molar-refractivity contribution in [1.29, 1.82) is 0 Å². The van der Waals surface area contributed by atoms with Crippen LogP contribution in [-0.2, 0) is 124 Å². The average molecular weight is 1320 g/mol. The van der Waals surface area contributed by atoms with E-state index >= 15 is 0 Å². The highest BCUT2D eigenvalue weighted by Crippen LogP contribution is 2.33. The maximum Gasteiger partial charge on any atom is 0.406 e. The molecule has 0 fully saturated rings. The molecule has 4 bridgehead atoms. The van der Waals surface area contributed by atoms with Crippen LogP contribution < -0.4 is 5.32 Å². The highest BCUT2D eigenvalue weighted by Gasteiger charge is 2.24. The number of benzene rings is 5. The van der Waals surface area contributed by atoms with Crippen LogP contribution in [0.4, 0.5) is 4.79 Å². The van der Waals surface area contributed by atoms with Crippen LogP contribution >= 0.6 is 0 Å². The van der Waals surface area contributed by atoms with Gasteiger partial charge in [0.2, 0.25) is 0 Å². The molecule has 0 aliphatic carbocycles. The summed E-state index contributed by atoms with van der Waals surface area (Å²) in [6.07, 6.45) is 2.82. The topological polar surface area (TPSA) is 167 Å². The lowest BCUT2D eigenvalue weighted by molar-refractivity contribution is -0.143. The fourth-order valence-corrected chi connectivity index (χ4v) is 9.33. The summed E-state index contributed by atoms with van der Waals surface area (Å²) in [6.45, 7) is 50.0. The molecule has 0 aromatic heterocycles. The predicted octanol–water partition coefficient (Wildman–Crippen LogP) is 16.7. The highest BCUT2D eigenvalue weighted by molar-refractivity contribution is 5.73. The number of esters is 2. The minimum atomic E-state index is -0.444. The number of carbonyl (C=O) groups excluding carboxylic acids is 3. The van der Waals surface area contributed by atoms with Crippen molar-refractivity contribution in [3.05, 3.63) is 175 Å². The molecule has 5 aromatic carbocycles. The smallest absolute Gasteiger partial charge is 0.406 e. The van der Waals surface area contributed by atoms with E-state index in [1.165, 1.54) is 46.0 Å². The van der Waals surface area contributed by atoms with Crippen LogP contribution in [0.5, 0.6) is 0 Å². The number of carbonyl (C=O) groups is 3. The Labute approximate surface area is 573 Å². The second-order valence-corrected chi connectivity index (χ2v) is 30.8. The number of aryl methyl sites for hydroxylation is 1. The number of unbranched alkanes of at least 4 members (excludes halogenated alkanes) is 2. The van der Waals surface area contributed by atoms with E-state index in [1.807, 2.05) is 0 Å². The molecule has 4 aliphatic rings. The molecule has 0 spiro atoms. The van der Waals surface area contributed by atoms with E-state index in [9.17, 15) is 14.4 Å². The van der Waals surface area contributed by atoms with Crippen molar-refractivity contribution in [3.63, 3.8) is 0 Å². The van der Waals surface area contributed by atoms with Crippen LogP contribution in [-0.4, -0.2) is 109 Å². The zero-order valence-electron chi connectivity index (χ0n) is 62.2. The van der Waals surface area contributed by atoms with Gasteiger partial charge in [-0.05, 0) is 132 Å². The van der Waals surface area contributed by atoms with Crippen LogP contribution in [0.25, 0.3) is 0 Å². The third-order valence-electron chi connectivity index (χ3n) is 15.6. The zero-order chi connectivity index (χ0) is 70.9. The first-order valence-electron chi connectivity index (χ1n) is 34.3. The summed E-state index contributed by atoms with van der Waals surface area (Å²) in [5.74, 6) is -0.429. The normalized spacial score (nSPS) is 14.4. The van der Waals surface area contributed by atoms with Crippen LogP contribution in [0.1, 0.15) is 223 Å². The van der Waals surface area contributed by atoms with Crippen molar-refractivity contribution >= 4 is 18.0 Å². The Morgan fingerprint density at radius 3 is 0.863 bits per heavy atom. The molecule has 0 saturated heterocycles. The molecule has 0 unspecified atom stereocenters. The minimum absolute atomic E-state index is 0.0185. The Hall–Kier alpha value is -5.97. The highest BCUT2D eigenvalue weighted by atomic mass is 16.6. The number of aliphatic hydroxyl groups excluding tert-OH is 1. The molecule has 0 atom stereocenters. The second kappa shape index (κ2) is 41.3. The zero-order valence-corrected chi connectivity index (χ0v) is 62.2. The van der Waals surface area contributed by atoms with Gasteiger partial charge in [0, 0.05) is 13.7 Å². The van der Waals surface area contributed by atoms with Gasteiger partial charge in [-0.1, -0.05) is 233 Å². The van der Waals surface area contributed by atoms with Crippen molar-refractivity contribution in [2.75, 3.05) is 86.3 Å². The number of alkyl carbamates (subject to hydrolysis) is 1. The number of rotatable bonds is 13. The van der Waals surface area contributed by atoms with Gasteiger partial charge < -0.3 is 53.1 Å². The standard InChI is InChI=1S/C24H32O6.C22H35NO4.C20H32O3.C15H24/c1-2-22-4-3-21(1)17-27-13-9-25-11-15-29-19-23-5-7-24(8-6-23)20-30-16-12-26-10-14-28-18-22;1-21(2,3)17-12-16(13-18(15-17)22(4,5)6)14-19(24)26-10-8-9-11-27-20(25)23-7;1-19(2,3)16-11-15(12-17(14-16)20(4,5)6)13-18(22)23-10-8-7-9-21;1-11-8-12(14(2,3)4)10-13(9-11)15(5,6)7/h1-8H,9-20H2;12-13,15H,8-11,14H2,1-7H3,(H,23,25);11-12,14,21H,7-10,13H2,1-6H3;8-10H,1-7H3. The summed E-state index contributed by atoms with van der Waals surface area (Å²) in [5, 5.41) is 11.1. The minimum Gasteiger partial charge on any atom is -0.465 e. The van der Waals surface area contributed by atoms with Gasteiger partial charge in [0.05, 0.1) is 112 Å². The molecule has 530 valence electrons. The fourth-order valence-electron chi connectivity index (χ4n) is 9.33. The van der Waals surface area contributed by atoms with E-state index in [0.29, 0.717) is 131 Å². The predicted molar refractivity (Wildman–Crippen MR) is 385 cm³/mol. The molecule has 9 rings (SSSR count). The Balaban J connectivity index is 0.000000339. The molecule has 4 aliphatic heterocycles. The molecule has 14 heteroatoms. The van der Waals surface area contributed by atoms with Crippen molar-refractivity contribution in [3.8, 4) is 0 Å². The summed E-state index contributed by atoms with van der Waals surface area (Å²) in [6, 6.07) is 36.4. The second-order valence-electron chi connectivity index (χ2n) is 30.8. The Bertz CT molecular complexity index is 2780. The van der Waals surface area contributed by atoms with E-state index in [4.69, 9.17) is 47.7 Å². The number of hydrogen-bond acceptors (Lipinski definition) is 13. The molecule has 1 amide bonds. The molecule has 4 heterocycles. The molecule has 0 saturated carbocycles. The lowest BCUT2D eigenvalue weighted by Crippen LogP contribution is -2.20. The summed E-state index contributed by atoms with van der Waals surface area (Å²) >= 11 is 0. The summed E-state index contributed by atoms with van der Waals surface area (Å²) in [7, 11) is 1.52. The molecular formula is C81H123NO13. The maximum absolute atomic E-state index is 12.2. The van der Waals surface area contributed by atoms with Crippen molar-refractivity contribution in [2.45, 2.75) is 229 Å². The number of ether oxygens (including phenoxy) is 9. The first kappa shape index (κ1) is 83.3. The largest absolute Gasteiger partial charge is 0.465 e. The first-order valence-corrected chi connectivity index (χ1v) is 34.3. The lowest BCUT2D eigenvalue weighted by atomic mass is 9.79. The summed E-state index contributed by atoms with van der Waals surface area (Å²) in [4.78, 5) is 35.2. The van der Waals surface area contributed by atoms with Crippen molar-refractivity contribution in [2.24, 2.45) is 0 Å². The van der Waals surface area contributed by atoms with E-state index in [0.717, 1.165) is 33.4 Å². The van der Waals surface area contributed by atoms with E-state index in [2.05, 4.69) is 240 Å². The third-order valence-corrected chi connectivity index (χ3v) is 15.6. The quantitative estimate of drug-likeness (QED) is 0.0650. The molecular weight excluding hydrogens is 1190 g/mol. The number of aliphatic hydroxyl groups is 1. The summed E-state index contributed by atoms with van der Waals surface area (Å²) < 4.78 is 49.3. The van der Waals surface area contributed by atoms with Crippen LogP contribution in [0.2, 0.25) is 0 Å². The monoisotopic (exact) mass is 1320 g/mol. The first-order chi connectivity index (χ1) is 44.5. The van der Waals surface area contributed by atoms with Crippen LogP contribution in [0.3, 0.4) is 0 Å². The number of nitrogens with one attached hydrogen (secondary N) is 1. The van der Waals surface area contributed by atoms with E-state index < -0.39 is 6.09 Å². The summed E-state index contributed by atoms with van der Waals surface area (Å²) in [5.41, 5.74) is 16.3. The van der Waals surface area contributed by atoms with Gasteiger partial charge in [0.1, 0.15) is 0 Å². The third kappa shape index (κ3) is 35.7. The Morgan fingerprint density at radius 2 is 0.611 bits per heavy atom. The van der Waals surface area contributed by atoms with Crippen molar-refractivity contribution in [1.82, 2.24) is 5.32 Å². The van der Waals surface area contributed by atoms with Gasteiger partial charge in [-0.25, -0.2) is 4.79 Å². The van der Waals surface area contributed by atoms with Crippen LogP contribution in [0.15, 0.2) is 103 Å². The van der Waals surface area contributed by atoms with Gasteiger partial charge >= 0.3 is 18.0 Å². The molecule has 2 N–H and O–H groups in total. The van der Waals surface area contributed by atoms with Gasteiger partial charge in [-0.2, -0.15) is 0 Å². The molecule has 0 radical (unpaired) electrons. The van der Waals surface area contributed by atoms with Gasteiger partial charge in [-0.3, -0.25) is 9.59 Å². The van der Waals surface area contributed by atoms with Crippen molar-refractivity contribution < 1.29 is 62.1 Å². The molecule has 5 aromatic rings. The maximum atomic E-state index is 12.2. The number of hydrogen-bond donors (Lipinski definition) is 2. The fraction of sp³-hybridized carbons (Fsp3) is 0.593. The SMILES string of the molecule is CC(C)(C)c1cc(CC(=O)OCCCCO)cc(C(C)(C)C)c1.CNC(=O)OCCCCOC(=O)Cc1cc(C(C)(C)C)cc(C(C)(C)C)c1.Cc1cc(C(C)(C)C)cc(C(C)(C)C)c1.c1cc2ccc1COCCOCCOCc1ccc(cc1)COCCOCCOC2. The van der Waals surface area contributed by atoms with Gasteiger partial charge in [0.15, 0.2) is 0 Å².